The number of benzene rings is 1. The fraction of sp³-hybridized carbons (Fsp3) is 0.429. The van der Waals surface area contributed by atoms with E-state index < -0.39 is 11.1 Å². The van der Waals surface area contributed by atoms with E-state index in [9.17, 15) is 9.59 Å². The Morgan fingerprint density at radius 2 is 1.85 bits per heavy atom. The molecule has 2 aromatic rings. The minimum Gasteiger partial charge on any atom is -0.492 e. The Balaban J connectivity index is 1.64. The quantitative estimate of drug-likeness (QED) is 0.689. The summed E-state index contributed by atoms with van der Waals surface area (Å²) in [7, 11) is 0. The van der Waals surface area contributed by atoms with Crippen molar-refractivity contribution in [2.24, 2.45) is 5.92 Å². The molecule has 144 valence electrons. The van der Waals surface area contributed by atoms with Gasteiger partial charge in [0.2, 0.25) is 0 Å². The van der Waals surface area contributed by atoms with E-state index in [0.29, 0.717) is 6.61 Å². The molecule has 0 amide bonds. The van der Waals surface area contributed by atoms with E-state index in [1.807, 2.05) is 18.2 Å². The lowest BCUT2D eigenvalue weighted by Crippen LogP contribution is -2.47. The number of aromatic nitrogens is 2. The molecule has 0 unspecified atom stereocenters. The lowest BCUT2D eigenvalue weighted by molar-refractivity contribution is 0.268. The zero-order valence-corrected chi connectivity index (χ0v) is 16.9. The fourth-order valence-corrected chi connectivity index (χ4v) is 4.11. The van der Waals surface area contributed by atoms with Crippen LogP contribution in [0.5, 0.6) is 5.75 Å². The Hall–Kier alpha value is -2.08. The number of rotatable bonds is 6. The molecule has 5 nitrogen and oxygen atoms in total. The molecule has 27 heavy (non-hydrogen) atoms. The molecular formula is C21H25BrN2O3. The number of hydrogen-bond donors (Lipinski definition) is 2. The Kier molecular flexibility index (Phi) is 6.72. The van der Waals surface area contributed by atoms with Gasteiger partial charge in [-0.3, -0.25) is 9.59 Å². The van der Waals surface area contributed by atoms with Crippen molar-refractivity contribution in [3.8, 4) is 5.75 Å². The number of nitrogens with one attached hydrogen (secondary N) is 2. The van der Waals surface area contributed by atoms with Crippen molar-refractivity contribution in [2.75, 3.05) is 6.61 Å². The minimum atomic E-state index is -0.456. The monoisotopic (exact) mass is 432 g/mol. The van der Waals surface area contributed by atoms with Gasteiger partial charge in [-0.1, -0.05) is 44.7 Å². The molecule has 1 aliphatic rings. The minimum absolute atomic E-state index is 0.0513. The number of aromatic amines is 2. The third kappa shape index (κ3) is 5.45. The largest absolute Gasteiger partial charge is 0.492 e. The van der Waals surface area contributed by atoms with E-state index in [-0.39, 0.29) is 10.7 Å². The molecule has 6 heteroatoms. The zero-order chi connectivity index (χ0) is 19.2. The van der Waals surface area contributed by atoms with Crippen LogP contribution >= 0.6 is 15.9 Å². The summed E-state index contributed by atoms with van der Waals surface area (Å²) in [6, 6.07) is 5.53. The summed E-state index contributed by atoms with van der Waals surface area (Å²) < 4.78 is 6.69. The molecule has 1 heterocycles. The summed E-state index contributed by atoms with van der Waals surface area (Å²) in [4.78, 5) is 28.9. The molecule has 2 N–H and O–H groups in total. The molecule has 0 atom stereocenters. The van der Waals surface area contributed by atoms with Gasteiger partial charge in [0.15, 0.2) is 0 Å². The summed E-state index contributed by atoms with van der Waals surface area (Å²) in [5, 5.41) is 0.0513. The van der Waals surface area contributed by atoms with Crippen molar-refractivity contribution in [2.45, 2.75) is 44.9 Å². The second-order valence-electron chi connectivity index (χ2n) is 7.13. The molecule has 3 rings (SSSR count). The van der Waals surface area contributed by atoms with Crippen LogP contribution in [0.15, 0.2) is 32.3 Å². The predicted molar refractivity (Wildman–Crippen MR) is 111 cm³/mol. The van der Waals surface area contributed by atoms with Crippen LogP contribution in [-0.2, 0) is 0 Å². The second kappa shape index (κ2) is 9.22. The summed E-state index contributed by atoms with van der Waals surface area (Å²) in [5.74, 6) is 1.63. The van der Waals surface area contributed by atoms with Gasteiger partial charge in [-0.05, 0) is 58.5 Å². The third-order valence-electron chi connectivity index (χ3n) is 5.02. The summed E-state index contributed by atoms with van der Waals surface area (Å²) in [6.45, 7) is 4.23. The summed E-state index contributed by atoms with van der Waals surface area (Å²) in [5.41, 5.74) is 0.0235. The topological polar surface area (TPSA) is 75.0 Å². The predicted octanol–water partition coefficient (Wildman–Crippen LogP) is 2.80. The van der Waals surface area contributed by atoms with Crippen molar-refractivity contribution < 1.29 is 4.74 Å². The molecule has 1 aromatic heterocycles. The zero-order valence-electron chi connectivity index (χ0n) is 15.4. The van der Waals surface area contributed by atoms with Gasteiger partial charge < -0.3 is 14.7 Å². The first-order valence-electron chi connectivity index (χ1n) is 9.48. The van der Waals surface area contributed by atoms with Crippen LogP contribution in [0.1, 0.15) is 50.5 Å². The lowest BCUT2D eigenvalue weighted by Gasteiger charge is -2.21. The Morgan fingerprint density at radius 1 is 1.15 bits per heavy atom. The van der Waals surface area contributed by atoms with Crippen molar-refractivity contribution >= 4 is 28.6 Å². The molecule has 0 aliphatic heterocycles. The second-order valence-corrected chi connectivity index (χ2v) is 7.98. The standard InChI is InChI=1S/C21H25BrN2O3/c1-14-23-20(25)17(21(26)24-14)12-16-9-10-19(18(22)13-16)27-11-5-8-15-6-3-2-4-7-15/h9-10,12-13,15H,1-8,11H2,(H,23,25)(H,24,26). The molecule has 0 saturated heterocycles. The number of ether oxygens (including phenoxy) is 1. The lowest BCUT2D eigenvalue weighted by atomic mass is 9.86. The van der Waals surface area contributed by atoms with Gasteiger partial charge in [0.25, 0.3) is 11.1 Å². The van der Waals surface area contributed by atoms with Gasteiger partial charge >= 0.3 is 0 Å². The van der Waals surface area contributed by atoms with Crippen molar-refractivity contribution in [3.05, 3.63) is 59.6 Å². The Labute approximate surface area is 166 Å². The first-order chi connectivity index (χ1) is 13.0. The van der Waals surface area contributed by atoms with Gasteiger partial charge in [0, 0.05) is 0 Å². The molecule has 1 fully saturated rings. The number of hydrogen-bond acceptors (Lipinski definition) is 3. The van der Waals surface area contributed by atoms with E-state index in [2.05, 4.69) is 32.5 Å². The van der Waals surface area contributed by atoms with Crippen LogP contribution in [0, 0.1) is 5.92 Å². The van der Waals surface area contributed by atoms with E-state index in [4.69, 9.17) is 4.74 Å². The number of halogens is 1. The highest BCUT2D eigenvalue weighted by Crippen LogP contribution is 2.29. The van der Waals surface area contributed by atoms with E-state index in [1.165, 1.54) is 38.5 Å². The van der Waals surface area contributed by atoms with Crippen LogP contribution in [0.25, 0.3) is 12.7 Å². The average Bonchev–Trinajstić information content (AvgIpc) is 2.64. The van der Waals surface area contributed by atoms with Crippen molar-refractivity contribution in [1.82, 2.24) is 9.97 Å². The van der Waals surface area contributed by atoms with Gasteiger partial charge in [-0.25, -0.2) is 0 Å². The highest BCUT2D eigenvalue weighted by molar-refractivity contribution is 9.10. The molecule has 0 bridgehead atoms. The van der Waals surface area contributed by atoms with Crippen molar-refractivity contribution in [1.29, 1.82) is 0 Å². The summed E-state index contributed by atoms with van der Waals surface area (Å²) >= 11 is 3.51. The first-order valence-corrected chi connectivity index (χ1v) is 10.3. The van der Waals surface area contributed by atoms with Crippen LogP contribution in [0.4, 0.5) is 0 Å². The summed E-state index contributed by atoms with van der Waals surface area (Å²) in [6.07, 6.45) is 10.7. The van der Waals surface area contributed by atoms with Gasteiger partial charge in [-0.15, -0.1) is 0 Å². The van der Waals surface area contributed by atoms with Crippen LogP contribution in [0.2, 0.25) is 0 Å². The first kappa shape index (κ1) is 19.7. The molecular weight excluding hydrogens is 408 g/mol. The maximum atomic E-state index is 11.9. The molecule has 1 aromatic carbocycles. The Bertz CT molecular complexity index is 966. The van der Waals surface area contributed by atoms with E-state index in [1.54, 1.807) is 6.08 Å². The number of H-pyrrole nitrogens is 2. The van der Waals surface area contributed by atoms with E-state index >= 15 is 0 Å². The highest BCUT2D eigenvalue weighted by atomic mass is 79.9. The fourth-order valence-electron chi connectivity index (χ4n) is 3.59. The maximum absolute atomic E-state index is 11.9. The Morgan fingerprint density at radius 3 is 2.52 bits per heavy atom. The molecule has 0 radical (unpaired) electrons. The van der Waals surface area contributed by atoms with Crippen LogP contribution < -0.4 is 26.6 Å². The molecule has 0 spiro atoms. The van der Waals surface area contributed by atoms with Gasteiger partial charge in [0.1, 0.15) is 16.4 Å². The van der Waals surface area contributed by atoms with Crippen molar-refractivity contribution in [3.63, 3.8) is 0 Å². The molecule has 1 aliphatic carbocycles. The van der Waals surface area contributed by atoms with Gasteiger partial charge in [-0.2, -0.15) is 0 Å². The average molecular weight is 433 g/mol. The third-order valence-corrected chi connectivity index (χ3v) is 5.64. The SMILES string of the molecule is C=c1[nH]c(=O)c(=Cc2ccc(OCCCC3CCCCC3)c(Br)c2)c(=O)[nH]1. The normalized spacial score (nSPS) is 14.9. The van der Waals surface area contributed by atoms with Crippen LogP contribution in [-0.4, -0.2) is 16.6 Å². The highest BCUT2D eigenvalue weighted by Gasteiger charge is 2.13. The molecule has 1 saturated carbocycles. The van der Waals surface area contributed by atoms with Gasteiger partial charge in [0.05, 0.1) is 11.1 Å². The van der Waals surface area contributed by atoms with Crippen LogP contribution in [0.3, 0.4) is 0 Å². The smallest absolute Gasteiger partial charge is 0.262 e. The van der Waals surface area contributed by atoms with E-state index in [0.717, 1.165) is 28.1 Å². The maximum Gasteiger partial charge on any atom is 0.262 e.